The lowest BCUT2D eigenvalue weighted by Gasteiger charge is -2.35. The van der Waals surface area contributed by atoms with E-state index in [1.54, 1.807) is 23.1 Å². The Morgan fingerprint density at radius 1 is 1.06 bits per heavy atom. The summed E-state index contributed by atoms with van der Waals surface area (Å²) in [5.74, 6) is 0.837. The van der Waals surface area contributed by atoms with Crippen LogP contribution in [0.15, 0.2) is 60.7 Å². The van der Waals surface area contributed by atoms with Crippen LogP contribution in [-0.4, -0.2) is 31.1 Å². The number of anilines is 1. The number of hydrogen-bond donors (Lipinski definition) is 3. The molecular formula is C26H25Cl3N4O3. The van der Waals surface area contributed by atoms with Gasteiger partial charge in [-0.05, 0) is 53.9 Å². The normalized spacial score (nSPS) is 14.7. The van der Waals surface area contributed by atoms with Gasteiger partial charge in [-0.15, -0.1) is 0 Å². The summed E-state index contributed by atoms with van der Waals surface area (Å²) in [5.41, 5.74) is 7.77. The van der Waals surface area contributed by atoms with Gasteiger partial charge >= 0.3 is 0 Å². The number of carbonyl (C=O) groups excluding carboxylic acids is 1. The summed E-state index contributed by atoms with van der Waals surface area (Å²) < 4.78 is 11.9. The number of nitrogens with two attached hydrogens (primary N) is 1. The molecule has 0 radical (unpaired) electrons. The van der Waals surface area contributed by atoms with Gasteiger partial charge in [0.25, 0.3) is 5.91 Å². The number of hydrogen-bond acceptors (Lipinski definition) is 4. The quantitative estimate of drug-likeness (QED) is 0.245. The van der Waals surface area contributed by atoms with Gasteiger partial charge in [-0.1, -0.05) is 59.1 Å². The Balaban J connectivity index is 1.43. The van der Waals surface area contributed by atoms with Crippen LogP contribution < -0.4 is 25.4 Å². The molecule has 0 spiro atoms. The standard InChI is InChI=1S/C26H25Cl3N4O3/c27-18-3-1-2-17(12-18)15-33-22-14-19(28)13-21(29)24(22)36-23(25(33)34)9-11-35-20-6-4-16(5-7-20)8-10-32-26(30)31/h1-7,12-14,23H,8-11,15H2,(H4,30,31,32). The molecule has 7 nitrogen and oxygen atoms in total. The number of nitrogens with zero attached hydrogens (tertiary/aromatic N) is 1. The molecule has 4 N–H and O–H groups in total. The van der Waals surface area contributed by atoms with Gasteiger partial charge in [0, 0.05) is 23.0 Å². The van der Waals surface area contributed by atoms with Gasteiger partial charge < -0.3 is 25.4 Å². The second-order valence-corrected chi connectivity index (χ2v) is 9.55. The van der Waals surface area contributed by atoms with Crippen molar-refractivity contribution >= 4 is 52.4 Å². The first kappa shape index (κ1) is 25.9. The van der Waals surface area contributed by atoms with E-state index in [1.807, 2.05) is 42.5 Å². The van der Waals surface area contributed by atoms with Crippen molar-refractivity contribution in [2.45, 2.75) is 25.5 Å². The van der Waals surface area contributed by atoms with Gasteiger partial charge in [-0.3, -0.25) is 10.2 Å². The van der Waals surface area contributed by atoms with Crippen molar-refractivity contribution in [3.05, 3.63) is 86.9 Å². The van der Waals surface area contributed by atoms with Gasteiger partial charge in [0.15, 0.2) is 17.8 Å². The summed E-state index contributed by atoms with van der Waals surface area (Å²) in [6.07, 6.45) is 0.289. The topological polar surface area (TPSA) is 101 Å². The minimum atomic E-state index is -0.771. The molecule has 10 heteroatoms. The Morgan fingerprint density at radius 3 is 2.56 bits per heavy atom. The highest BCUT2D eigenvalue weighted by molar-refractivity contribution is 6.36. The van der Waals surface area contributed by atoms with Crippen LogP contribution in [-0.2, 0) is 17.8 Å². The third-order valence-corrected chi connectivity index (χ3v) is 6.35. The summed E-state index contributed by atoms with van der Waals surface area (Å²) in [7, 11) is 0. The zero-order valence-electron chi connectivity index (χ0n) is 19.3. The van der Waals surface area contributed by atoms with Crippen molar-refractivity contribution in [1.82, 2.24) is 5.32 Å². The van der Waals surface area contributed by atoms with Crippen LogP contribution in [0.5, 0.6) is 11.5 Å². The van der Waals surface area contributed by atoms with Gasteiger partial charge in [-0.2, -0.15) is 0 Å². The predicted molar refractivity (Wildman–Crippen MR) is 144 cm³/mol. The number of halogens is 3. The summed E-state index contributed by atoms with van der Waals surface area (Å²) in [5, 5.41) is 11.3. The van der Waals surface area contributed by atoms with E-state index in [2.05, 4.69) is 5.32 Å². The van der Waals surface area contributed by atoms with E-state index in [0.717, 1.165) is 17.5 Å². The number of fused-ring (bicyclic) bond motifs is 1. The van der Waals surface area contributed by atoms with E-state index in [-0.39, 0.29) is 18.5 Å². The van der Waals surface area contributed by atoms with Crippen molar-refractivity contribution in [3.8, 4) is 11.5 Å². The van der Waals surface area contributed by atoms with Crippen molar-refractivity contribution in [3.63, 3.8) is 0 Å². The molecular weight excluding hydrogens is 523 g/mol. The number of rotatable bonds is 9. The zero-order valence-corrected chi connectivity index (χ0v) is 21.5. The molecule has 0 aromatic heterocycles. The monoisotopic (exact) mass is 546 g/mol. The molecule has 0 fully saturated rings. The molecule has 4 rings (SSSR count). The van der Waals surface area contributed by atoms with E-state index in [1.165, 1.54) is 0 Å². The third kappa shape index (κ3) is 6.55. The molecule has 1 aliphatic heterocycles. The minimum Gasteiger partial charge on any atom is -0.493 e. The summed E-state index contributed by atoms with van der Waals surface area (Å²) in [4.78, 5) is 15.1. The SMILES string of the molecule is N=C(N)NCCc1ccc(OCCC2Oc3c(Cl)cc(Cl)cc3N(Cc3cccc(Cl)c3)C2=O)cc1. The van der Waals surface area contributed by atoms with Crippen LogP contribution in [0.4, 0.5) is 5.69 Å². The molecule has 0 saturated carbocycles. The fourth-order valence-corrected chi connectivity index (χ4v) is 4.63. The number of ether oxygens (including phenoxy) is 2. The smallest absolute Gasteiger partial charge is 0.268 e. The number of guanidine groups is 1. The maximum atomic E-state index is 13.4. The predicted octanol–water partition coefficient (Wildman–Crippen LogP) is 5.44. The molecule has 188 valence electrons. The lowest BCUT2D eigenvalue weighted by atomic mass is 10.1. The summed E-state index contributed by atoms with van der Waals surface area (Å²) in [6, 6.07) is 18.2. The Bertz CT molecular complexity index is 1250. The first-order valence-corrected chi connectivity index (χ1v) is 12.4. The highest BCUT2D eigenvalue weighted by atomic mass is 35.5. The molecule has 1 atom stereocenters. The minimum absolute atomic E-state index is 0.0485. The Labute approximate surface area is 224 Å². The fraction of sp³-hybridized carbons (Fsp3) is 0.231. The zero-order chi connectivity index (χ0) is 25.7. The van der Waals surface area contributed by atoms with Gasteiger partial charge in [-0.25, -0.2) is 0 Å². The number of amides is 1. The van der Waals surface area contributed by atoms with Gasteiger partial charge in [0.05, 0.1) is 23.9 Å². The molecule has 3 aromatic carbocycles. The highest BCUT2D eigenvalue weighted by Crippen LogP contribution is 2.43. The Kier molecular flexibility index (Phi) is 8.46. The van der Waals surface area contributed by atoms with E-state index in [0.29, 0.717) is 51.8 Å². The lowest BCUT2D eigenvalue weighted by Crippen LogP contribution is -2.46. The van der Waals surface area contributed by atoms with Crippen LogP contribution >= 0.6 is 34.8 Å². The van der Waals surface area contributed by atoms with Gasteiger partial charge in [0.1, 0.15) is 5.75 Å². The van der Waals surface area contributed by atoms with Crippen LogP contribution in [0, 0.1) is 5.41 Å². The third-order valence-electron chi connectivity index (χ3n) is 5.61. The molecule has 36 heavy (non-hydrogen) atoms. The van der Waals surface area contributed by atoms with E-state index in [4.69, 9.17) is 55.4 Å². The molecule has 1 unspecified atom stereocenters. The van der Waals surface area contributed by atoms with Crippen molar-refractivity contribution in [2.75, 3.05) is 18.1 Å². The van der Waals surface area contributed by atoms with Crippen molar-refractivity contribution < 1.29 is 14.3 Å². The first-order valence-electron chi connectivity index (χ1n) is 11.3. The average molecular weight is 548 g/mol. The largest absolute Gasteiger partial charge is 0.493 e. The van der Waals surface area contributed by atoms with Crippen molar-refractivity contribution in [2.24, 2.45) is 5.73 Å². The number of benzene rings is 3. The van der Waals surface area contributed by atoms with E-state index in [9.17, 15) is 4.79 Å². The second kappa shape index (κ2) is 11.7. The lowest BCUT2D eigenvalue weighted by molar-refractivity contribution is -0.127. The number of carbonyl (C=O) groups is 1. The molecule has 1 amide bonds. The molecule has 1 aliphatic rings. The van der Waals surface area contributed by atoms with E-state index < -0.39 is 6.10 Å². The number of nitrogens with one attached hydrogen (secondary N) is 2. The maximum Gasteiger partial charge on any atom is 0.268 e. The summed E-state index contributed by atoms with van der Waals surface area (Å²) in [6.45, 7) is 1.15. The maximum absolute atomic E-state index is 13.4. The molecule has 3 aromatic rings. The van der Waals surface area contributed by atoms with E-state index >= 15 is 0 Å². The van der Waals surface area contributed by atoms with Crippen LogP contribution in [0.1, 0.15) is 17.5 Å². The summed E-state index contributed by atoms with van der Waals surface area (Å²) >= 11 is 18.8. The van der Waals surface area contributed by atoms with Crippen LogP contribution in [0.3, 0.4) is 0 Å². The Morgan fingerprint density at radius 2 is 1.83 bits per heavy atom. The molecule has 1 heterocycles. The van der Waals surface area contributed by atoms with Crippen LogP contribution in [0.2, 0.25) is 15.1 Å². The molecule has 0 bridgehead atoms. The van der Waals surface area contributed by atoms with Crippen LogP contribution in [0.25, 0.3) is 0 Å². The average Bonchev–Trinajstić information content (AvgIpc) is 2.83. The molecule has 0 saturated heterocycles. The van der Waals surface area contributed by atoms with Crippen molar-refractivity contribution in [1.29, 1.82) is 5.41 Å². The molecule has 0 aliphatic carbocycles. The Hall–Kier alpha value is -3.13. The first-order chi connectivity index (χ1) is 17.3. The fourth-order valence-electron chi connectivity index (χ4n) is 3.89. The second-order valence-electron chi connectivity index (χ2n) is 8.27. The van der Waals surface area contributed by atoms with Gasteiger partial charge in [0.2, 0.25) is 0 Å². The highest BCUT2D eigenvalue weighted by Gasteiger charge is 2.36.